The zero-order valence-electron chi connectivity index (χ0n) is 7.94. The lowest BCUT2D eigenvalue weighted by molar-refractivity contribution is -0.144. The van der Waals surface area contributed by atoms with Gasteiger partial charge in [0.1, 0.15) is 0 Å². The highest BCUT2D eigenvalue weighted by Crippen LogP contribution is 2.08. The molecule has 0 spiro atoms. The maximum absolute atomic E-state index is 10.6. The molecule has 6 nitrogen and oxygen atoms in total. The molecule has 0 saturated carbocycles. The third-order valence-corrected chi connectivity index (χ3v) is 1.67. The average molecular weight is 204 g/mol. The van der Waals surface area contributed by atoms with Gasteiger partial charge in [0, 0.05) is 19.6 Å². The van der Waals surface area contributed by atoms with Gasteiger partial charge in [0.2, 0.25) is 5.91 Å². The Bertz CT molecular complexity index is 196. The number of nitrogens with two attached hydrogens (primary N) is 2. The van der Waals surface area contributed by atoms with Crippen molar-refractivity contribution in [3.05, 3.63) is 0 Å². The molecule has 14 heavy (non-hydrogen) atoms. The van der Waals surface area contributed by atoms with Gasteiger partial charge in [-0.25, -0.2) is 0 Å². The van der Waals surface area contributed by atoms with Crippen molar-refractivity contribution in [2.24, 2.45) is 17.4 Å². The second-order valence-electron chi connectivity index (χ2n) is 2.90. The van der Waals surface area contributed by atoms with Crippen LogP contribution in [0.3, 0.4) is 0 Å². The molecule has 0 heterocycles. The maximum Gasteiger partial charge on any atom is 0.307 e. The smallest absolute Gasteiger partial charge is 0.307 e. The standard InChI is InChI=1S/C8H16N2O4/c9-2-4-14-3-1-6(8(12)13)5-7(10)11/h6H,1-5,9H2,(H2,10,11)(H,12,13). The normalized spacial score (nSPS) is 12.4. The molecule has 0 radical (unpaired) electrons. The number of hydrogen-bond acceptors (Lipinski definition) is 4. The minimum atomic E-state index is -1.03. The molecule has 0 aromatic carbocycles. The summed E-state index contributed by atoms with van der Waals surface area (Å²) in [5.74, 6) is -2.40. The molecule has 0 aliphatic heterocycles. The summed E-state index contributed by atoms with van der Waals surface area (Å²) in [6, 6.07) is 0. The van der Waals surface area contributed by atoms with Crippen molar-refractivity contribution >= 4 is 11.9 Å². The van der Waals surface area contributed by atoms with E-state index >= 15 is 0 Å². The zero-order chi connectivity index (χ0) is 11.0. The highest BCUT2D eigenvalue weighted by atomic mass is 16.5. The Morgan fingerprint density at radius 3 is 2.43 bits per heavy atom. The number of hydrogen-bond donors (Lipinski definition) is 3. The Balaban J connectivity index is 3.74. The summed E-state index contributed by atoms with van der Waals surface area (Å²) >= 11 is 0. The number of ether oxygens (including phenoxy) is 1. The Kier molecular flexibility index (Phi) is 6.69. The Morgan fingerprint density at radius 1 is 1.36 bits per heavy atom. The third kappa shape index (κ3) is 6.38. The van der Waals surface area contributed by atoms with Gasteiger partial charge in [-0.3, -0.25) is 9.59 Å². The molecule has 0 rings (SSSR count). The van der Waals surface area contributed by atoms with Crippen LogP contribution in [0, 0.1) is 5.92 Å². The molecule has 0 aromatic rings. The zero-order valence-corrected chi connectivity index (χ0v) is 7.94. The Hall–Kier alpha value is -1.14. The van der Waals surface area contributed by atoms with E-state index in [4.69, 9.17) is 21.3 Å². The molecule has 0 aromatic heterocycles. The van der Waals surface area contributed by atoms with Crippen LogP contribution in [0.25, 0.3) is 0 Å². The van der Waals surface area contributed by atoms with Gasteiger partial charge in [-0.15, -0.1) is 0 Å². The number of amides is 1. The molecule has 0 aliphatic rings. The van der Waals surface area contributed by atoms with Gasteiger partial charge in [-0.05, 0) is 6.42 Å². The summed E-state index contributed by atoms with van der Waals surface area (Å²) in [5.41, 5.74) is 10.1. The van der Waals surface area contributed by atoms with Gasteiger partial charge in [0.15, 0.2) is 0 Å². The van der Waals surface area contributed by atoms with Gasteiger partial charge in [0.05, 0.1) is 12.5 Å². The predicted molar refractivity (Wildman–Crippen MR) is 49.4 cm³/mol. The fourth-order valence-electron chi connectivity index (χ4n) is 0.967. The topological polar surface area (TPSA) is 116 Å². The van der Waals surface area contributed by atoms with Crippen molar-refractivity contribution in [3.63, 3.8) is 0 Å². The highest BCUT2D eigenvalue weighted by Gasteiger charge is 2.19. The van der Waals surface area contributed by atoms with Crippen LogP contribution in [-0.4, -0.2) is 36.7 Å². The molecule has 0 aliphatic carbocycles. The lowest BCUT2D eigenvalue weighted by Crippen LogP contribution is -2.24. The van der Waals surface area contributed by atoms with Crippen LogP contribution >= 0.6 is 0 Å². The van der Waals surface area contributed by atoms with Gasteiger partial charge < -0.3 is 21.3 Å². The van der Waals surface area contributed by atoms with E-state index in [2.05, 4.69) is 0 Å². The summed E-state index contributed by atoms with van der Waals surface area (Å²) in [6.45, 7) is 1.07. The van der Waals surface area contributed by atoms with E-state index in [-0.39, 0.29) is 19.4 Å². The third-order valence-electron chi connectivity index (χ3n) is 1.67. The summed E-state index contributed by atoms with van der Waals surface area (Å²) in [4.78, 5) is 21.1. The number of rotatable bonds is 8. The van der Waals surface area contributed by atoms with Crippen molar-refractivity contribution < 1.29 is 19.4 Å². The largest absolute Gasteiger partial charge is 0.481 e. The van der Waals surface area contributed by atoms with Crippen LogP contribution in [0.5, 0.6) is 0 Å². The fourth-order valence-corrected chi connectivity index (χ4v) is 0.967. The first-order chi connectivity index (χ1) is 6.57. The average Bonchev–Trinajstić information content (AvgIpc) is 2.09. The summed E-state index contributed by atoms with van der Waals surface area (Å²) in [5, 5.41) is 8.69. The van der Waals surface area contributed by atoms with Crippen LogP contribution in [0.2, 0.25) is 0 Å². The number of aliphatic carboxylic acids is 1. The van der Waals surface area contributed by atoms with Gasteiger partial charge in [0.25, 0.3) is 0 Å². The molecule has 6 heteroatoms. The molecular weight excluding hydrogens is 188 g/mol. The first-order valence-electron chi connectivity index (χ1n) is 4.36. The number of primary amides is 1. The molecule has 0 fully saturated rings. The molecule has 0 bridgehead atoms. The van der Waals surface area contributed by atoms with E-state index in [1.165, 1.54) is 0 Å². The van der Waals surface area contributed by atoms with E-state index in [0.29, 0.717) is 13.2 Å². The first-order valence-corrected chi connectivity index (χ1v) is 4.36. The maximum atomic E-state index is 10.6. The van der Waals surface area contributed by atoms with E-state index in [1.54, 1.807) is 0 Å². The molecule has 0 saturated heterocycles. The Morgan fingerprint density at radius 2 is 2.00 bits per heavy atom. The number of carboxylic acid groups (broad SMARTS) is 1. The SMILES string of the molecule is NCCOCCC(CC(N)=O)C(=O)O. The van der Waals surface area contributed by atoms with Gasteiger partial charge in [-0.1, -0.05) is 0 Å². The lowest BCUT2D eigenvalue weighted by Gasteiger charge is -2.09. The molecule has 1 amide bonds. The summed E-state index contributed by atoms with van der Waals surface area (Å²) in [6.07, 6.45) is 0.125. The molecule has 1 atom stereocenters. The fraction of sp³-hybridized carbons (Fsp3) is 0.750. The highest BCUT2D eigenvalue weighted by molar-refractivity contribution is 5.80. The van der Waals surface area contributed by atoms with Gasteiger partial charge in [-0.2, -0.15) is 0 Å². The first kappa shape index (κ1) is 12.9. The predicted octanol–water partition coefficient (Wildman–Crippen LogP) is -1.07. The van der Waals surface area contributed by atoms with Gasteiger partial charge >= 0.3 is 5.97 Å². The van der Waals surface area contributed by atoms with Crippen molar-refractivity contribution in [2.75, 3.05) is 19.8 Å². The minimum absolute atomic E-state index is 0.151. The van der Waals surface area contributed by atoms with E-state index < -0.39 is 17.8 Å². The van der Waals surface area contributed by atoms with Crippen LogP contribution < -0.4 is 11.5 Å². The molecular formula is C8H16N2O4. The van der Waals surface area contributed by atoms with Crippen LogP contribution in [0.1, 0.15) is 12.8 Å². The molecule has 1 unspecified atom stereocenters. The quantitative estimate of drug-likeness (QED) is 0.435. The number of carbonyl (C=O) groups is 2. The second-order valence-corrected chi connectivity index (χ2v) is 2.90. The molecule has 82 valence electrons. The number of carbonyl (C=O) groups excluding carboxylic acids is 1. The monoisotopic (exact) mass is 204 g/mol. The van der Waals surface area contributed by atoms with Crippen molar-refractivity contribution in [3.8, 4) is 0 Å². The van der Waals surface area contributed by atoms with Crippen LogP contribution in [0.4, 0.5) is 0 Å². The van der Waals surface area contributed by atoms with Crippen molar-refractivity contribution in [1.29, 1.82) is 0 Å². The van der Waals surface area contributed by atoms with Crippen molar-refractivity contribution in [1.82, 2.24) is 0 Å². The van der Waals surface area contributed by atoms with Crippen LogP contribution in [0.15, 0.2) is 0 Å². The minimum Gasteiger partial charge on any atom is -0.481 e. The lowest BCUT2D eigenvalue weighted by atomic mass is 10.0. The molecule has 5 N–H and O–H groups in total. The van der Waals surface area contributed by atoms with E-state index in [1.807, 2.05) is 0 Å². The summed E-state index contributed by atoms with van der Waals surface area (Å²) in [7, 11) is 0. The van der Waals surface area contributed by atoms with Crippen LogP contribution in [-0.2, 0) is 14.3 Å². The van der Waals surface area contributed by atoms with Crippen molar-refractivity contribution in [2.45, 2.75) is 12.8 Å². The summed E-state index contributed by atoms with van der Waals surface area (Å²) < 4.78 is 5.00. The Labute approximate surface area is 82.2 Å². The van der Waals surface area contributed by atoms with E-state index in [9.17, 15) is 9.59 Å². The van der Waals surface area contributed by atoms with E-state index in [0.717, 1.165) is 0 Å². The second kappa shape index (κ2) is 7.28. The number of carboxylic acids is 1.